The van der Waals surface area contributed by atoms with Crippen molar-refractivity contribution >= 4 is 39.2 Å². The van der Waals surface area contributed by atoms with E-state index in [-0.39, 0.29) is 5.97 Å². The molecule has 17 heavy (non-hydrogen) atoms. The molecule has 0 fully saturated rings. The van der Waals surface area contributed by atoms with Gasteiger partial charge in [-0.05, 0) is 41.1 Å². The molecular formula is C12H13BrClNO2. The maximum atomic E-state index is 11.3. The number of rotatable bonds is 5. The molecule has 0 radical (unpaired) electrons. The van der Waals surface area contributed by atoms with Crippen LogP contribution in [0.15, 0.2) is 34.8 Å². The summed E-state index contributed by atoms with van der Waals surface area (Å²) in [5.41, 5.74) is 1.20. The standard InChI is InChI=1S/C12H13BrClNO2/c1-3-17-12(16)8(2)7-15-9-4-5-10(13)11(14)6-9/h4-6,15H,2-3,7H2,1H3. The van der Waals surface area contributed by atoms with Crippen LogP contribution in [0, 0.1) is 0 Å². The van der Waals surface area contributed by atoms with Crippen molar-refractivity contribution in [2.75, 3.05) is 18.5 Å². The van der Waals surface area contributed by atoms with Crippen molar-refractivity contribution in [3.8, 4) is 0 Å². The Bertz CT molecular complexity index is 435. The molecule has 0 amide bonds. The summed E-state index contributed by atoms with van der Waals surface area (Å²) in [6.07, 6.45) is 0. The Hall–Kier alpha value is -1.00. The highest BCUT2D eigenvalue weighted by Gasteiger charge is 2.07. The lowest BCUT2D eigenvalue weighted by molar-refractivity contribution is -0.138. The first-order valence-electron chi connectivity index (χ1n) is 5.08. The van der Waals surface area contributed by atoms with Gasteiger partial charge in [-0.1, -0.05) is 18.2 Å². The Morgan fingerprint density at radius 1 is 1.59 bits per heavy atom. The molecule has 0 atom stereocenters. The van der Waals surface area contributed by atoms with Gasteiger partial charge in [0.1, 0.15) is 0 Å². The second kappa shape index (κ2) is 6.67. The van der Waals surface area contributed by atoms with Crippen molar-refractivity contribution in [2.24, 2.45) is 0 Å². The lowest BCUT2D eigenvalue weighted by Gasteiger charge is -2.09. The Balaban J connectivity index is 2.53. The Labute approximate surface area is 114 Å². The van der Waals surface area contributed by atoms with Crippen LogP contribution in [0.3, 0.4) is 0 Å². The first-order valence-corrected chi connectivity index (χ1v) is 6.25. The van der Waals surface area contributed by atoms with Gasteiger partial charge >= 0.3 is 5.97 Å². The van der Waals surface area contributed by atoms with Crippen LogP contribution >= 0.6 is 27.5 Å². The zero-order valence-corrected chi connectivity index (χ0v) is 11.8. The zero-order valence-electron chi connectivity index (χ0n) is 9.43. The van der Waals surface area contributed by atoms with Gasteiger partial charge in [-0.3, -0.25) is 0 Å². The van der Waals surface area contributed by atoms with Crippen LogP contribution in [0.5, 0.6) is 0 Å². The number of nitrogens with one attached hydrogen (secondary N) is 1. The summed E-state index contributed by atoms with van der Waals surface area (Å²) >= 11 is 9.24. The minimum Gasteiger partial charge on any atom is -0.463 e. The summed E-state index contributed by atoms with van der Waals surface area (Å²) in [7, 11) is 0. The topological polar surface area (TPSA) is 38.3 Å². The molecule has 5 heteroatoms. The van der Waals surface area contributed by atoms with E-state index in [1.54, 1.807) is 13.0 Å². The number of carbonyl (C=O) groups is 1. The van der Waals surface area contributed by atoms with Gasteiger partial charge in [0, 0.05) is 22.3 Å². The van der Waals surface area contributed by atoms with Crippen LogP contribution in [0.25, 0.3) is 0 Å². The molecule has 0 aliphatic carbocycles. The van der Waals surface area contributed by atoms with Gasteiger partial charge in [0.2, 0.25) is 0 Å². The molecule has 1 aromatic carbocycles. The van der Waals surface area contributed by atoms with E-state index < -0.39 is 0 Å². The summed E-state index contributed by atoms with van der Waals surface area (Å²) in [4.78, 5) is 11.3. The van der Waals surface area contributed by atoms with E-state index >= 15 is 0 Å². The number of esters is 1. The van der Waals surface area contributed by atoms with E-state index in [0.29, 0.717) is 23.7 Å². The lowest BCUT2D eigenvalue weighted by atomic mass is 10.2. The van der Waals surface area contributed by atoms with Gasteiger partial charge in [-0.25, -0.2) is 4.79 Å². The minimum atomic E-state index is -0.386. The van der Waals surface area contributed by atoms with E-state index in [9.17, 15) is 4.79 Å². The zero-order chi connectivity index (χ0) is 12.8. The number of hydrogen-bond acceptors (Lipinski definition) is 3. The van der Waals surface area contributed by atoms with E-state index in [1.807, 2.05) is 12.1 Å². The van der Waals surface area contributed by atoms with E-state index in [1.165, 1.54) is 0 Å². The van der Waals surface area contributed by atoms with Crippen LogP contribution in [0.2, 0.25) is 5.02 Å². The molecule has 0 unspecified atom stereocenters. The fourth-order valence-electron chi connectivity index (χ4n) is 1.12. The number of anilines is 1. The molecule has 0 saturated carbocycles. The van der Waals surface area contributed by atoms with Crippen LogP contribution in [0.1, 0.15) is 6.92 Å². The third kappa shape index (κ3) is 4.40. The van der Waals surface area contributed by atoms with Crippen molar-refractivity contribution in [1.29, 1.82) is 0 Å². The molecule has 3 nitrogen and oxygen atoms in total. The average molecular weight is 319 g/mol. The van der Waals surface area contributed by atoms with Crippen LogP contribution in [-0.4, -0.2) is 19.1 Å². The Morgan fingerprint density at radius 3 is 2.88 bits per heavy atom. The van der Waals surface area contributed by atoms with Gasteiger partial charge in [-0.2, -0.15) is 0 Å². The lowest BCUT2D eigenvalue weighted by Crippen LogP contribution is -2.14. The van der Waals surface area contributed by atoms with Crippen LogP contribution < -0.4 is 5.32 Å². The Kier molecular flexibility index (Phi) is 5.51. The molecule has 0 bridgehead atoms. The number of halogens is 2. The maximum Gasteiger partial charge on any atom is 0.335 e. The summed E-state index contributed by atoms with van der Waals surface area (Å²) in [5, 5.41) is 3.65. The second-order valence-electron chi connectivity index (χ2n) is 3.31. The number of benzene rings is 1. The molecule has 0 aromatic heterocycles. The van der Waals surface area contributed by atoms with Crippen molar-refractivity contribution in [3.63, 3.8) is 0 Å². The van der Waals surface area contributed by atoms with E-state index in [0.717, 1.165) is 10.2 Å². The van der Waals surface area contributed by atoms with E-state index in [2.05, 4.69) is 27.8 Å². The van der Waals surface area contributed by atoms with Gasteiger partial charge in [-0.15, -0.1) is 0 Å². The first-order chi connectivity index (χ1) is 8.04. The highest BCUT2D eigenvalue weighted by molar-refractivity contribution is 9.10. The molecule has 0 aliphatic rings. The van der Waals surface area contributed by atoms with Crippen molar-refractivity contribution in [1.82, 2.24) is 0 Å². The smallest absolute Gasteiger partial charge is 0.335 e. The maximum absolute atomic E-state index is 11.3. The SMILES string of the molecule is C=C(CNc1ccc(Br)c(Cl)c1)C(=O)OCC. The molecule has 0 heterocycles. The molecule has 0 aliphatic heterocycles. The molecule has 0 saturated heterocycles. The third-order valence-corrected chi connectivity index (χ3v) is 3.22. The fourth-order valence-corrected chi connectivity index (χ4v) is 1.55. The molecule has 1 rings (SSSR count). The van der Waals surface area contributed by atoms with Gasteiger partial charge in [0.25, 0.3) is 0 Å². The van der Waals surface area contributed by atoms with Crippen molar-refractivity contribution in [2.45, 2.75) is 6.92 Å². The summed E-state index contributed by atoms with van der Waals surface area (Å²) < 4.78 is 5.65. The molecule has 92 valence electrons. The normalized spacial score (nSPS) is 9.82. The quantitative estimate of drug-likeness (QED) is 0.665. The van der Waals surface area contributed by atoms with Crippen molar-refractivity contribution < 1.29 is 9.53 Å². The molecule has 1 aromatic rings. The van der Waals surface area contributed by atoms with Crippen LogP contribution in [0.4, 0.5) is 5.69 Å². The highest BCUT2D eigenvalue weighted by Crippen LogP contribution is 2.25. The highest BCUT2D eigenvalue weighted by atomic mass is 79.9. The predicted molar refractivity (Wildman–Crippen MR) is 73.4 cm³/mol. The van der Waals surface area contributed by atoms with Gasteiger partial charge in [0.15, 0.2) is 0 Å². The predicted octanol–water partition coefficient (Wildman–Crippen LogP) is 3.63. The van der Waals surface area contributed by atoms with Gasteiger partial charge in [0.05, 0.1) is 11.6 Å². The first kappa shape index (κ1) is 14.1. The fraction of sp³-hybridized carbons (Fsp3) is 0.250. The largest absolute Gasteiger partial charge is 0.463 e. The summed E-state index contributed by atoms with van der Waals surface area (Å²) in [6, 6.07) is 5.45. The number of ether oxygens (including phenoxy) is 1. The second-order valence-corrected chi connectivity index (χ2v) is 4.57. The molecular weight excluding hydrogens is 305 g/mol. The number of carbonyl (C=O) groups excluding carboxylic acids is 1. The number of hydrogen-bond donors (Lipinski definition) is 1. The average Bonchev–Trinajstić information content (AvgIpc) is 2.30. The van der Waals surface area contributed by atoms with Crippen molar-refractivity contribution in [3.05, 3.63) is 39.8 Å². The van der Waals surface area contributed by atoms with Gasteiger partial charge < -0.3 is 10.1 Å². The molecule has 0 spiro atoms. The summed E-state index contributed by atoms with van der Waals surface area (Å²) in [5.74, 6) is -0.386. The summed E-state index contributed by atoms with van der Waals surface area (Å²) in [6.45, 7) is 6.09. The minimum absolute atomic E-state index is 0.330. The monoisotopic (exact) mass is 317 g/mol. The Morgan fingerprint density at radius 2 is 2.29 bits per heavy atom. The third-order valence-electron chi connectivity index (χ3n) is 1.99. The van der Waals surface area contributed by atoms with Crippen LogP contribution in [-0.2, 0) is 9.53 Å². The van der Waals surface area contributed by atoms with E-state index in [4.69, 9.17) is 16.3 Å². The molecule has 1 N–H and O–H groups in total.